The number of hydrogen-bond acceptors (Lipinski definition) is 8. The number of nitrogens with zero attached hydrogens (tertiary/aromatic N) is 2. The lowest BCUT2D eigenvalue weighted by Crippen LogP contribution is -2.39. The molecule has 0 spiro atoms. The molecule has 172 valence electrons. The van der Waals surface area contributed by atoms with Gasteiger partial charge in [0.05, 0.1) is 31.9 Å². The minimum Gasteiger partial charge on any atom is -0.493 e. The quantitative estimate of drug-likeness (QED) is 0.469. The summed E-state index contributed by atoms with van der Waals surface area (Å²) >= 11 is 0. The van der Waals surface area contributed by atoms with Crippen molar-refractivity contribution in [1.29, 1.82) is 0 Å². The summed E-state index contributed by atoms with van der Waals surface area (Å²) in [6.45, 7) is 2.20. The molecule has 2 aromatic carbocycles. The molecule has 10 nitrogen and oxygen atoms in total. The highest BCUT2D eigenvalue weighted by Gasteiger charge is 2.22. The number of rotatable bonds is 8. The monoisotopic (exact) mass is 463 g/mol. The van der Waals surface area contributed by atoms with Crippen molar-refractivity contribution < 1.29 is 32.2 Å². The Hall–Kier alpha value is -3.47. The summed E-state index contributed by atoms with van der Waals surface area (Å²) in [5, 5.41) is 4.09. The fraction of sp³-hybridized carbons (Fsp3) is 0.333. The summed E-state index contributed by atoms with van der Waals surface area (Å²) < 4.78 is 47.1. The zero-order valence-corrected chi connectivity index (χ0v) is 19.1. The summed E-state index contributed by atoms with van der Waals surface area (Å²) in [6.07, 6.45) is 1.01. The van der Waals surface area contributed by atoms with Gasteiger partial charge in [0.1, 0.15) is 19.8 Å². The van der Waals surface area contributed by atoms with Crippen LogP contribution in [0.5, 0.6) is 23.0 Å². The highest BCUT2D eigenvalue weighted by Crippen LogP contribution is 2.32. The minimum atomic E-state index is -3.76. The van der Waals surface area contributed by atoms with Crippen LogP contribution in [0.25, 0.3) is 0 Å². The summed E-state index contributed by atoms with van der Waals surface area (Å²) in [5.41, 5.74) is 3.91. The first-order valence-electron chi connectivity index (χ1n) is 9.66. The van der Waals surface area contributed by atoms with Gasteiger partial charge in [-0.1, -0.05) is 0 Å². The predicted octanol–water partition coefficient (Wildman–Crippen LogP) is 1.78. The van der Waals surface area contributed by atoms with E-state index >= 15 is 0 Å². The van der Waals surface area contributed by atoms with Crippen molar-refractivity contribution in [2.75, 3.05) is 44.5 Å². The second-order valence-electron chi connectivity index (χ2n) is 6.90. The van der Waals surface area contributed by atoms with Gasteiger partial charge in [-0.05, 0) is 37.3 Å². The van der Waals surface area contributed by atoms with Crippen LogP contribution in [0.3, 0.4) is 0 Å². The van der Waals surface area contributed by atoms with Crippen LogP contribution >= 0.6 is 0 Å². The molecule has 3 rings (SSSR count). The number of methoxy groups -OCH3 is 2. The number of carbonyl (C=O) groups is 1. The van der Waals surface area contributed by atoms with Crippen molar-refractivity contribution in [3.8, 4) is 23.0 Å². The molecule has 0 aliphatic carbocycles. The van der Waals surface area contributed by atoms with E-state index in [2.05, 4.69) is 10.5 Å². The van der Waals surface area contributed by atoms with Gasteiger partial charge in [0.2, 0.25) is 10.0 Å². The molecule has 0 unspecified atom stereocenters. The van der Waals surface area contributed by atoms with Crippen molar-refractivity contribution in [3.05, 3.63) is 42.0 Å². The third-order valence-electron chi connectivity index (χ3n) is 4.65. The second kappa shape index (κ2) is 9.77. The summed E-state index contributed by atoms with van der Waals surface area (Å²) in [5.74, 6) is 1.42. The number of amides is 1. The van der Waals surface area contributed by atoms with Gasteiger partial charge < -0.3 is 18.9 Å². The maximum atomic E-state index is 12.5. The van der Waals surface area contributed by atoms with Crippen molar-refractivity contribution in [2.24, 2.45) is 5.10 Å². The molecular weight excluding hydrogens is 438 g/mol. The summed E-state index contributed by atoms with van der Waals surface area (Å²) in [6, 6.07) is 9.91. The average molecular weight is 464 g/mol. The van der Waals surface area contributed by atoms with E-state index < -0.39 is 22.5 Å². The van der Waals surface area contributed by atoms with Gasteiger partial charge in [-0.2, -0.15) is 5.10 Å². The highest BCUT2D eigenvalue weighted by atomic mass is 32.2. The standard InChI is InChI=1S/C21H25N3O7S/c1-14(15-5-7-18-20(11-15)31-10-9-30-18)22-23-21(25)13-24(32(4,26)27)16-6-8-17(28-2)19(12-16)29-3/h5-8,11-12H,9-10,13H2,1-4H3,(H,23,25)/b22-14-. The third-order valence-corrected chi connectivity index (χ3v) is 5.79. The molecule has 1 N–H and O–H groups in total. The first-order chi connectivity index (χ1) is 15.2. The van der Waals surface area contributed by atoms with Gasteiger partial charge in [0, 0.05) is 11.6 Å². The predicted molar refractivity (Wildman–Crippen MR) is 120 cm³/mol. The molecule has 0 radical (unpaired) electrons. The van der Waals surface area contributed by atoms with E-state index in [0.29, 0.717) is 41.9 Å². The molecular formula is C21H25N3O7S. The van der Waals surface area contributed by atoms with Crippen molar-refractivity contribution in [3.63, 3.8) is 0 Å². The van der Waals surface area contributed by atoms with E-state index in [-0.39, 0.29) is 5.69 Å². The Morgan fingerprint density at radius 1 is 1.06 bits per heavy atom. The van der Waals surface area contributed by atoms with Crippen LogP contribution in [0.1, 0.15) is 12.5 Å². The highest BCUT2D eigenvalue weighted by molar-refractivity contribution is 7.92. The summed E-state index contributed by atoms with van der Waals surface area (Å²) in [4.78, 5) is 12.5. The molecule has 1 aliphatic rings. The van der Waals surface area contributed by atoms with Crippen LogP contribution in [0, 0.1) is 0 Å². The zero-order valence-electron chi connectivity index (χ0n) is 18.2. The maximum absolute atomic E-state index is 12.5. The molecule has 0 bridgehead atoms. The molecule has 0 fully saturated rings. The Morgan fingerprint density at radius 2 is 1.75 bits per heavy atom. The molecule has 2 aromatic rings. The Kier molecular flexibility index (Phi) is 7.08. The Bertz CT molecular complexity index is 1130. The number of ether oxygens (including phenoxy) is 4. The topological polar surface area (TPSA) is 116 Å². The maximum Gasteiger partial charge on any atom is 0.260 e. The number of hydrogen-bond donors (Lipinski definition) is 1. The van der Waals surface area contributed by atoms with Gasteiger partial charge in [0.25, 0.3) is 5.91 Å². The van der Waals surface area contributed by atoms with E-state index in [1.54, 1.807) is 31.2 Å². The number of hydrazone groups is 1. The van der Waals surface area contributed by atoms with Crippen LogP contribution in [-0.4, -0.2) is 60.3 Å². The molecule has 32 heavy (non-hydrogen) atoms. The van der Waals surface area contributed by atoms with Crippen molar-refractivity contribution >= 4 is 27.3 Å². The van der Waals surface area contributed by atoms with E-state index in [1.165, 1.54) is 26.4 Å². The number of carbonyl (C=O) groups excluding carboxylic acids is 1. The largest absolute Gasteiger partial charge is 0.493 e. The third kappa shape index (κ3) is 5.41. The smallest absolute Gasteiger partial charge is 0.260 e. The number of sulfonamides is 1. The lowest BCUT2D eigenvalue weighted by molar-refractivity contribution is -0.119. The Balaban J connectivity index is 1.75. The Labute approximate surface area is 186 Å². The van der Waals surface area contributed by atoms with Crippen LogP contribution in [0.2, 0.25) is 0 Å². The van der Waals surface area contributed by atoms with E-state index in [4.69, 9.17) is 18.9 Å². The molecule has 11 heteroatoms. The molecule has 0 aromatic heterocycles. The second-order valence-corrected chi connectivity index (χ2v) is 8.81. The minimum absolute atomic E-state index is 0.257. The van der Waals surface area contributed by atoms with Crippen molar-refractivity contribution in [2.45, 2.75) is 6.92 Å². The van der Waals surface area contributed by atoms with Crippen LogP contribution in [0.4, 0.5) is 5.69 Å². The van der Waals surface area contributed by atoms with Gasteiger partial charge in [-0.3, -0.25) is 9.10 Å². The molecule has 1 amide bonds. The molecule has 1 heterocycles. The average Bonchev–Trinajstić information content (AvgIpc) is 2.79. The van der Waals surface area contributed by atoms with E-state index in [0.717, 1.165) is 16.1 Å². The number of anilines is 1. The molecule has 1 aliphatic heterocycles. The molecule has 0 saturated carbocycles. The fourth-order valence-corrected chi connectivity index (χ4v) is 3.87. The van der Waals surface area contributed by atoms with Crippen molar-refractivity contribution in [1.82, 2.24) is 5.43 Å². The van der Waals surface area contributed by atoms with E-state index in [9.17, 15) is 13.2 Å². The Morgan fingerprint density at radius 3 is 2.41 bits per heavy atom. The van der Waals surface area contributed by atoms with E-state index in [1.807, 2.05) is 0 Å². The van der Waals surface area contributed by atoms with Crippen LogP contribution < -0.4 is 28.7 Å². The van der Waals surface area contributed by atoms with Gasteiger partial charge >= 0.3 is 0 Å². The number of fused-ring (bicyclic) bond motifs is 1. The SMILES string of the molecule is COc1ccc(N(CC(=O)N/N=C(/C)c2ccc3c(c2)OCCO3)S(C)(=O)=O)cc1OC. The molecule has 0 saturated heterocycles. The summed E-state index contributed by atoms with van der Waals surface area (Å²) in [7, 11) is -0.849. The van der Waals surface area contributed by atoms with Crippen LogP contribution in [-0.2, 0) is 14.8 Å². The zero-order chi connectivity index (χ0) is 23.3. The van der Waals surface area contributed by atoms with Gasteiger partial charge in [-0.15, -0.1) is 0 Å². The lowest BCUT2D eigenvalue weighted by Gasteiger charge is -2.22. The van der Waals surface area contributed by atoms with Gasteiger partial charge in [0.15, 0.2) is 23.0 Å². The number of benzene rings is 2. The fourth-order valence-electron chi connectivity index (χ4n) is 3.02. The van der Waals surface area contributed by atoms with Gasteiger partial charge in [-0.25, -0.2) is 13.8 Å². The van der Waals surface area contributed by atoms with Crippen LogP contribution in [0.15, 0.2) is 41.5 Å². The first kappa shape index (κ1) is 23.2. The normalized spacial score (nSPS) is 13.3. The molecule has 0 atom stereocenters. The number of nitrogens with one attached hydrogen (secondary N) is 1. The first-order valence-corrected chi connectivity index (χ1v) is 11.5. The lowest BCUT2D eigenvalue weighted by atomic mass is 10.1.